The van der Waals surface area contributed by atoms with E-state index in [1.54, 1.807) is 20.0 Å². The third kappa shape index (κ3) is 5.34. The van der Waals surface area contributed by atoms with Gasteiger partial charge in [-0.25, -0.2) is 14.8 Å². The summed E-state index contributed by atoms with van der Waals surface area (Å²) in [6.07, 6.45) is 3.51. The molecule has 3 aromatic rings. The normalized spacial score (nSPS) is 11.4. The molecular formula is C23H23N5O3S. The van der Waals surface area contributed by atoms with Crippen molar-refractivity contribution in [2.24, 2.45) is 7.05 Å². The standard InChI is InChI=1S/C23H23N5O3S/c1-4-31-23(30)18-12-17(13-24)22(26-15(18)2)32-14-19(29)27-20(16-8-6-5-7-9-16)21-25-10-11-28(21)3/h5-12,20H,4,14H2,1-3H3,(H,27,29). The van der Waals surface area contributed by atoms with Crippen molar-refractivity contribution in [3.05, 3.63) is 77.0 Å². The molecule has 2 heterocycles. The van der Waals surface area contributed by atoms with Crippen LogP contribution in [0.25, 0.3) is 0 Å². The number of pyridine rings is 1. The highest BCUT2D eigenvalue weighted by Crippen LogP contribution is 2.25. The number of aromatic nitrogens is 3. The average molecular weight is 450 g/mol. The fourth-order valence-electron chi connectivity index (χ4n) is 3.12. The average Bonchev–Trinajstić information content (AvgIpc) is 3.22. The first-order valence-electron chi connectivity index (χ1n) is 9.97. The molecule has 1 amide bonds. The van der Waals surface area contributed by atoms with E-state index in [1.165, 1.54) is 6.07 Å². The number of thioether (sulfide) groups is 1. The second-order valence-corrected chi connectivity index (χ2v) is 7.87. The van der Waals surface area contributed by atoms with E-state index < -0.39 is 12.0 Å². The minimum atomic E-state index is -0.524. The number of rotatable bonds is 8. The van der Waals surface area contributed by atoms with Crippen molar-refractivity contribution in [3.8, 4) is 6.07 Å². The number of amides is 1. The van der Waals surface area contributed by atoms with Gasteiger partial charge in [-0.3, -0.25) is 4.79 Å². The molecule has 0 fully saturated rings. The van der Waals surface area contributed by atoms with Crippen LogP contribution in [-0.2, 0) is 16.6 Å². The summed E-state index contributed by atoms with van der Waals surface area (Å²) in [5.74, 6) is 0.00178. The Bertz CT molecular complexity index is 1150. The second-order valence-electron chi connectivity index (χ2n) is 6.90. The number of nitriles is 1. The van der Waals surface area contributed by atoms with Gasteiger partial charge in [0.1, 0.15) is 23.0 Å². The number of carbonyl (C=O) groups is 2. The predicted octanol–water partition coefficient (Wildman–Crippen LogP) is 3.17. The van der Waals surface area contributed by atoms with Gasteiger partial charge in [0.25, 0.3) is 0 Å². The number of carbonyl (C=O) groups excluding carboxylic acids is 2. The van der Waals surface area contributed by atoms with E-state index in [9.17, 15) is 14.9 Å². The van der Waals surface area contributed by atoms with Gasteiger partial charge in [0, 0.05) is 19.4 Å². The molecule has 0 saturated carbocycles. The third-order valence-corrected chi connectivity index (χ3v) is 5.68. The van der Waals surface area contributed by atoms with Crippen LogP contribution in [0.15, 0.2) is 53.8 Å². The Balaban J connectivity index is 1.76. The van der Waals surface area contributed by atoms with Crippen LogP contribution in [-0.4, -0.2) is 38.8 Å². The van der Waals surface area contributed by atoms with Crippen molar-refractivity contribution in [2.45, 2.75) is 24.9 Å². The van der Waals surface area contributed by atoms with Gasteiger partial charge in [-0.15, -0.1) is 0 Å². The molecule has 8 nitrogen and oxygen atoms in total. The largest absolute Gasteiger partial charge is 0.462 e. The van der Waals surface area contributed by atoms with Crippen molar-refractivity contribution < 1.29 is 14.3 Å². The highest BCUT2D eigenvalue weighted by atomic mass is 32.2. The van der Waals surface area contributed by atoms with E-state index in [-0.39, 0.29) is 29.4 Å². The Morgan fingerprint density at radius 1 is 1.31 bits per heavy atom. The smallest absolute Gasteiger partial charge is 0.340 e. The number of nitrogens with zero attached hydrogens (tertiary/aromatic N) is 4. The molecule has 1 aromatic carbocycles. The number of hydrogen-bond acceptors (Lipinski definition) is 7. The lowest BCUT2D eigenvalue weighted by Gasteiger charge is -2.19. The molecule has 0 saturated heterocycles. The summed E-state index contributed by atoms with van der Waals surface area (Å²) in [7, 11) is 1.87. The molecule has 0 bridgehead atoms. The fraction of sp³-hybridized carbons (Fsp3) is 0.261. The van der Waals surface area contributed by atoms with E-state index in [1.807, 2.05) is 54.2 Å². The number of esters is 1. The summed E-state index contributed by atoms with van der Waals surface area (Å²) < 4.78 is 6.87. The van der Waals surface area contributed by atoms with Crippen molar-refractivity contribution in [3.63, 3.8) is 0 Å². The van der Waals surface area contributed by atoms with Crippen molar-refractivity contribution >= 4 is 23.6 Å². The maximum Gasteiger partial charge on any atom is 0.340 e. The molecule has 0 aliphatic carbocycles. The predicted molar refractivity (Wildman–Crippen MR) is 120 cm³/mol. The SMILES string of the molecule is CCOC(=O)c1cc(C#N)c(SCC(=O)NC(c2ccccc2)c2nccn2C)nc1C. The zero-order valence-corrected chi connectivity index (χ0v) is 18.8. The van der Waals surface area contributed by atoms with Crippen molar-refractivity contribution in [1.29, 1.82) is 5.26 Å². The number of hydrogen-bond donors (Lipinski definition) is 1. The first-order chi connectivity index (χ1) is 15.4. The van der Waals surface area contributed by atoms with Gasteiger partial charge in [-0.05, 0) is 25.5 Å². The van der Waals surface area contributed by atoms with Crippen molar-refractivity contribution in [1.82, 2.24) is 19.9 Å². The van der Waals surface area contributed by atoms with E-state index in [4.69, 9.17) is 4.74 Å². The summed E-state index contributed by atoms with van der Waals surface area (Å²) in [5.41, 5.74) is 1.82. The van der Waals surface area contributed by atoms with Gasteiger partial charge in [-0.1, -0.05) is 42.1 Å². The molecule has 32 heavy (non-hydrogen) atoms. The topological polar surface area (TPSA) is 110 Å². The van der Waals surface area contributed by atoms with Crippen LogP contribution in [0.3, 0.4) is 0 Å². The monoisotopic (exact) mass is 449 g/mol. The fourth-order valence-corrected chi connectivity index (χ4v) is 3.94. The maximum absolute atomic E-state index is 12.8. The van der Waals surface area contributed by atoms with Gasteiger partial charge in [0.2, 0.25) is 5.91 Å². The minimum Gasteiger partial charge on any atom is -0.462 e. The van der Waals surface area contributed by atoms with Gasteiger partial charge < -0.3 is 14.6 Å². The van der Waals surface area contributed by atoms with Crippen LogP contribution in [0.4, 0.5) is 0 Å². The van der Waals surface area contributed by atoms with E-state index in [2.05, 4.69) is 15.3 Å². The molecular weight excluding hydrogens is 426 g/mol. The Morgan fingerprint density at radius 2 is 2.06 bits per heavy atom. The Labute approximate surface area is 190 Å². The van der Waals surface area contributed by atoms with Crippen LogP contribution >= 0.6 is 11.8 Å². The molecule has 1 atom stereocenters. The van der Waals surface area contributed by atoms with E-state index >= 15 is 0 Å². The van der Waals surface area contributed by atoms with Crippen LogP contribution in [0, 0.1) is 18.3 Å². The quantitative estimate of drug-likeness (QED) is 0.415. The van der Waals surface area contributed by atoms with Gasteiger partial charge >= 0.3 is 5.97 Å². The molecule has 164 valence electrons. The minimum absolute atomic E-state index is 0.0492. The molecule has 0 aliphatic heterocycles. The Hall–Kier alpha value is -3.64. The summed E-state index contributed by atoms with van der Waals surface area (Å²) in [6, 6.07) is 12.7. The third-order valence-electron chi connectivity index (χ3n) is 4.69. The summed E-state index contributed by atoms with van der Waals surface area (Å²) in [6.45, 7) is 3.61. The molecule has 2 aromatic heterocycles. The maximum atomic E-state index is 12.8. The number of benzene rings is 1. The summed E-state index contributed by atoms with van der Waals surface area (Å²) in [4.78, 5) is 33.6. The molecule has 1 N–H and O–H groups in total. The molecule has 0 spiro atoms. The van der Waals surface area contributed by atoms with Crippen LogP contribution < -0.4 is 5.32 Å². The molecule has 3 rings (SSSR count). The molecule has 1 unspecified atom stereocenters. The summed E-state index contributed by atoms with van der Waals surface area (Å²) >= 11 is 1.14. The summed E-state index contributed by atoms with van der Waals surface area (Å²) in [5, 5.41) is 12.9. The zero-order chi connectivity index (χ0) is 23.1. The van der Waals surface area contributed by atoms with E-state index in [0.717, 1.165) is 17.3 Å². The molecule has 0 radical (unpaired) electrons. The van der Waals surface area contributed by atoms with Gasteiger partial charge in [0.05, 0.1) is 29.2 Å². The van der Waals surface area contributed by atoms with Gasteiger partial charge in [0.15, 0.2) is 0 Å². The Morgan fingerprint density at radius 3 is 2.69 bits per heavy atom. The highest BCUT2D eigenvalue weighted by Gasteiger charge is 2.22. The molecule has 0 aliphatic rings. The first kappa shape index (κ1) is 23.0. The molecule has 9 heteroatoms. The van der Waals surface area contributed by atoms with Crippen LogP contribution in [0.2, 0.25) is 0 Å². The van der Waals surface area contributed by atoms with Gasteiger partial charge in [-0.2, -0.15) is 5.26 Å². The van der Waals surface area contributed by atoms with Crippen molar-refractivity contribution in [2.75, 3.05) is 12.4 Å². The lowest BCUT2D eigenvalue weighted by atomic mass is 10.1. The Kier molecular flexibility index (Phi) is 7.63. The number of ether oxygens (including phenoxy) is 1. The second kappa shape index (κ2) is 10.6. The highest BCUT2D eigenvalue weighted by molar-refractivity contribution is 8.00. The number of aryl methyl sites for hydroxylation is 2. The number of imidazole rings is 1. The van der Waals surface area contributed by atoms with Crippen LogP contribution in [0.5, 0.6) is 0 Å². The lowest BCUT2D eigenvalue weighted by Crippen LogP contribution is -2.32. The van der Waals surface area contributed by atoms with Crippen LogP contribution in [0.1, 0.15) is 46.0 Å². The van der Waals surface area contributed by atoms with E-state index in [0.29, 0.717) is 16.5 Å². The zero-order valence-electron chi connectivity index (χ0n) is 18.0. The first-order valence-corrected chi connectivity index (χ1v) is 11.0. The number of nitrogens with one attached hydrogen (secondary N) is 1. The lowest BCUT2D eigenvalue weighted by molar-refractivity contribution is -0.119.